The van der Waals surface area contributed by atoms with Crippen molar-refractivity contribution in [3.63, 3.8) is 0 Å². The Kier molecular flexibility index (Phi) is 10.2. The third-order valence-electron chi connectivity index (χ3n) is 5.74. The summed E-state index contributed by atoms with van der Waals surface area (Å²) in [5, 5.41) is 0. The summed E-state index contributed by atoms with van der Waals surface area (Å²) < 4.78 is 15.7. The van der Waals surface area contributed by atoms with Crippen LogP contribution >= 0.6 is 0 Å². The number of primary amides is 1. The minimum atomic E-state index is -1.74. The maximum Gasteiger partial charge on any atom is 0.404 e. The van der Waals surface area contributed by atoms with Gasteiger partial charge in [-0.1, -0.05) is 57.5 Å². The molecular formula is C24H33N3O8. The summed E-state index contributed by atoms with van der Waals surface area (Å²) >= 11 is 0. The molecule has 0 aliphatic carbocycles. The molecule has 2 rings (SSSR count). The maximum absolute atomic E-state index is 13.8. The number of nitrogens with two attached hydrogens (primary N) is 1. The minimum absolute atomic E-state index is 0.0328. The summed E-state index contributed by atoms with van der Waals surface area (Å²) in [4.78, 5) is 65.4. The van der Waals surface area contributed by atoms with E-state index in [0.29, 0.717) is 12.2 Å². The average molecular weight is 492 g/mol. The molecule has 11 heteroatoms. The number of imide groups is 2. The second-order valence-corrected chi connectivity index (χ2v) is 8.04. The van der Waals surface area contributed by atoms with Gasteiger partial charge in [-0.25, -0.2) is 14.5 Å². The molecule has 1 aromatic rings. The first kappa shape index (κ1) is 27.8. The van der Waals surface area contributed by atoms with Crippen molar-refractivity contribution in [3.8, 4) is 0 Å². The molecule has 1 aliphatic rings. The third-order valence-corrected chi connectivity index (χ3v) is 5.74. The van der Waals surface area contributed by atoms with Crippen molar-refractivity contribution >= 4 is 29.9 Å². The molecule has 1 fully saturated rings. The fraction of sp³-hybridized carbons (Fsp3) is 0.542. The number of unbranched alkanes of at least 4 members (excludes halogenated alkanes) is 1. The number of hydrogen-bond donors (Lipinski definition) is 1. The number of rotatable bonds is 13. The second kappa shape index (κ2) is 12.8. The molecule has 0 spiro atoms. The molecule has 192 valence electrons. The lowest BCUT2D eigenvalue weighted by Crippen LogP contribution is -2.68. The van der Waals surface area contributed by atoms with Crippen LogP contribution in [0.15, 0.2) is 30.3 Å². The molecule has 0 aromatic heterocycles. The molecule has 11 nitrogen and oxygen atoms in total. The van der Waals surface area contributed by atoms with Crippen LogP contribution in [0, 0.1) is 0 Å². The van der Waals surface area contributed by atoms with Gasteiger partial charge in [0.2, 0.25) is 0 Å². The number of nitrogens with zero attached hydrogens (tertiary/aromatic N) is 2. The van der Waals surface area contributed by atoms with Crippen LogP contribution in [0.1, 0.15) is 52.0 Å². The lowest BCUT2D eigenvalue weighted by molar-refractivity contribution is -0.160. The van der Waals surface area contributed by atoms with Crippen LogP contribution in [0.5, 0.6) is 0 Å². The number of hydrogen-bond acceptors (Lipinski definition) is 8. The fourth-order valence-electron chi connectivity index (χ4n) is 3.81. The zero-order chi connectivity index (χ0) is 26.0. The molecule has 1 saturated heterocycles. The molecule has 2 atom stereocenters. The van der Waals surface area contributed by atoms with Crippen molar-refractivity contribution in [2.45, 2.75) is 58.0 Å². The van der Waals surface area contributed by atoms with Crippen molar-refractivity contribution in [3.05, 3.63) is 35.9 Å². The van der Waals surface area contributed by atoms with Crippen LogP contribution in [0.2, 0.25) is 0 Å². The van der Waals surface area contributed by atoms with Gasteiger partial charge in [-0.3, -0.25) is 19.3 Å². The SMILES string of the molecule is CCCCOC[C@@H](CN1C(=O)N(COC(=O)CC)C(=O)[C@@](CC)(c2ccccc2)C1=O)OC(N)=O. The number of ether oxygens (including phenoxy) is 3. The zero-order valence-electron chi connectivity index (χ0n) is 20.4. The lowest BCUT2D eigenvalue weighted by atomic mass is 9.74. The van der Waals surface area contributed by atoms with Gasteiger partial charge >= 0.3 is 18.1 Å². The highest BCUT2D eigenvalue weighted by Gasteiger charge is 2.58. The van der Waals surface area contributed by atoms with Gasteiger partial charge in [0.05, 0.1) is 13.2 Å². The van der Waals surface area contributed by atoms with E-state index in [-0.39, 0.29) is 19.4 Å². The Morgan fingerprint density at radius 3 is 2.26 bits per heavy atom. The van der Waals surface area contributed by atoms with E-state index in [2.05, 4.69) is 0 Å². The summed E-state index contributed by atoms with van der Waals surface area (Å²) in [5.74, 6) is -2.19. The first-order valence-corrected chi connectivity index (χ1v) is 11.7. The molecule has 0 saturated carbocycles. The fourth-order valence-corrected chi connectivity index (χ4v) is 3.81. The maximum atomic E-state index is 13.8. The minimum Gasteiger partial charge on any atom is -0.444 e. The van der Waals surface area contributed by atoms with Crippen molar-refractivity contribution in [1.29, 1.82) is 0 Å². The van der Waals surface area contributed by atoms with Gasteiger partial charge in [0.1, 0.15) is 6.10 Å². The third kappa shape index (κ3) is 6.36. The topological polar surface area (TPSA) is 146 Å². The Hall–Kier alpha value is -3.47. The standard InChI is InChI=1S/C24H33N3O8/c1-4-7-13-33-15-18(35-22(25)31)14-26-20(29)24(6-3,17-11-9-8-10-12-17)21(30)27(23(26)32)16-34-19(28)5-2/h8-12,18H,4-7,13-16H2,1-3H3,(H2,25,31)/t18-,24+/m1/s1. The van der Waals surface area contributed by atoms with Gasteiger partial charge in [0, 0.05) is 13.0 Å². The molecule has 1 aliphatic heterocycles. The highest BCUT2D eigenvalue weighted by molar-refractivity contribution is 6.22. The normalized spacial score (nSPS) is 19.0. The van der Waals surface area contributed by atoms with Gasteiger partial charge in [0.15, 0.2) is 12.1 Å². The number of amides is 5. The van der Waals surface area contributed by atoms with Crippen molar-refractivity contribution < 1.29 is 38.2 Å². The van der Waals surface area contributed by atoms with E-state index in [9.17, 15) is 24.0 Å². The Labute approximate surface area is 204 Å². The van der Waals surface area contributed by atoms with E-state index in [4.69, 9.17) is 19.9 Å². The molecule has 5 amide bonds. The van der Waals surface area contributed by atoms with Crippen molar-refractivity contribution in [2.24, 2.45) is 5.73 Å². The molecule has 0 unspecified atom stereocenters. The molecule has 2 N–H and O–H groups in total. The summed E-state index contributed by atoms with van der Waals surface area (Å²) in [7, 11) is 0. The number of carbonyl (C=O) groups is 5. The molecule has 35 heavy (non-hydrogen) atoms. The average Bonchev–Trinajstić information content (AvgIpc) is 2.85. The van der Waals surface area contributed by atoms with Gasteiger partial charge in [-0.2, -0.15) is 0 Å². The number of urea groups is 1. The highest BCUT2D eigenvalue weighted by atomic mass is 16.6. The molecule has 0 bridgehead atoms. The first-order valence-electron chi connectivity index (χ1n) is 11.7. The molecule has 1 aromatic carbocycles. The molecule has 1 heterocycles. The quantitative estimate of drug-likeness (QED) is 0.251. The predicted octanol–water partition coefficient (Wildman–Crippen LogP) is 2.32. The Bertz CT molecular complexity index is 923. The van der Waals surface area contributed by atoms with E-state index < -0.39 is 54.7 Å². The van der Waals surface area contributed by atoms with E-state index in [0.717, 1.165) is 22.6 Å². The van der Waals surface area contributed by atoms with Crippen molar-refractivity contribution in [2.75, 3.05) is 26.5 Å². The van der Waals surface area contributed by atoms with Gasteiger partial charge in [-0.05, 0) is 18.4 Å². The highest BCUT2D eigenvalue weighted by Crippen LogP contribution is 2.37. The largest absolute Gasteiger partial charge is 0.444 e. The number of carbonyl (C=O) groups excluding carboxylic acids is 5. The van der Waals surface area contributed by atoms with E-state index in [1.165, 1.54) is 0 Å². The van der Waals surface area contributed by atoms with E-state index in [1.807, 2.05) is 6.92 Å². The van der Waals surface area contributed by atoms with Gasteiger partial charge in [0.25, 0.3) is 11.8 Å². The van der Waals surface area contributed by atoms with Crippen molar-refractivity contribution in [1.82, 2.24) is 9.80 Å². The summed E-state index contributed by atoms with van der Waals surface area (Å²) in [6.45, 7) is 4.43. The predicted molar refractivity (Wildman–Crippen MR) is 124 cm³/mol. The van der Waals surface area contributed by atoms with Crippen LogP contribution in [0.3, 0.4) is 0 Å². The smallest absolute Gasteiger partial charge is 0.404 e. The van der Waals surface area contributed by atoms with Crippen LogP contribution in [-0.4, -0.2) is 72.3 Å². The summed E-state index contributed by atoms with van der Waals surface area (Å²) in [5.41, 5.74) is 3.83. The number of esters is 1. The van der Waals surface area contributed by atoms with Crippen LogP contribution in [0.25, 0.3) is 0 Å². The number of benzene rings is 1. The number of barbiturate groups is 1. The van der Waals surface area contributed by atoms with Crippen LogP contribution < -0.4 is 5.73 Å². The first-order chi connectivity index (χ1) is 16.7. The summed E-state index contributed by atoms with van der Waals surface area (Å²) in [6, 6.07) is 7.34. The van der Waals surface area contributed by atoms with E-state index >= 15 is 0 Å². The lowest BCUT2D eigenvalue weighted by Gasteiger charge is -2.44. The van der Waals surface area contributed by atoms with Gasteiger partial charge < -0.3 is 19.9 Å². The second-order valence-electron chi connectivity index (χ2n) is 8.04. The monoisotopic (exact) mass is 491 g/mol. The Balaban J connectivity index is 2.46. The van der Waals surface area contributed by atoms with Crippen LogP contribution in [0.4, 0.5) is 9.59 Å². The Morgan fingerprint density at radius 2 is 1.69 bits per heavy atom. The molecule has 0 radical (unpaired) electrons. The van der Waals surface area contributed by atoms with Gasteiger partial charge in [-0.15, -0.1) is 0 Å². The van der Waals surface area contributed by atoms with E-state index in [1.54, 1.807) is 44.2 Å². The van der Waals surface area contributed by atoms with Crippen LogP contribution in [-0.2, 0) is 34.0 Å². The Morgan fingerprint density at radius 1 is 1.03 bits per heavy atom. The zero-order valence-corrected chi connectivity index (χ0v) is 20.4. The summed E-state index contributed by atoms with van der Waals surface area (Å²) in [6.07, 6.45) is -0.432. The molecular weight excluding hydrogens is 458 g/mol.